The second-order valence-electron chi connectivity index (χ2n) is 8.82. The van der Waals surface area contributed by atoms with Gasteiger partial charge in [-0.25, -0.2) is 17.9 Å². The number of aryl methyl sites for hydroxylation is 1. The van der Waals surface area contributed by atoms with Crippen LogP contribution in [-0.2, 0) is 10.0 Å². The Labute approximate surface area is 205 Å². The summed E-state index contributed by atoms with van der Waals surface area (Å²) in [5.74, 6) is 1.62. The van der Waals surface area contributed by atoms with E-state index in [2.05, 4.69) is 9.97 Å². The number of aromatic nitrogens is 4. The quantitative estimate of drug-likeness (QED) is 0.435. The molecule has 4 rings (SSSR count). The van der Waals surface area contributed by atoms with Crippen molar-refractivity contribution >= 4 is 15.5 Å². The highest BCUT2D eigenvalue weighted by Crippen LogP contribution is 2.35. The Bertz CT molecular complexity index is 1350. The first-order chi connectivity index (χ1) is 16.8. The maximum absolute atomic E-state index is 13.3. The van der Waals surface area contributed by atoms with E-state index in [1.807, 2.05) is 13.8 Å². The zero-order chi connectivity index (χ0) is 25.2. The molecular weight excluding hydrogens is 470 g/mol. The van der Waals surface area contributed by atoms with Crippen LogP contribution < -0.4 is 10.3 Å². The van der Waals surface area contributed by atoms with Gasteiger partial charge in [0, 0.05) is 19.0 Å². The van der Waals surface area contributed by atoms with E-state index in [9.17, 15) is 18.3 Å². The molecule has 0 saturated heterocycles. The molecule has 2 aromatic heterocycles. The van der Waals surface area contributed by atoms with Gasteiger partial charge in [-0.2, -0.15) is 4.31 Å². The number of nitrogens with zero attached hydrogens (tertiary/aromatic N) is 4. The number of hydrogen-bond acceptors (Lipinski definition) is 7. The molecule has 1 aliphatic carbocycles. The Morgan fingerprint density at radius 2 is 1.97 bits per heavy atom. The number of ether oxygens (including phenoxy) is 1. The van der Waals surface area contributed by atoms with Gasteiger partial charge in [0.05, 0.1) is 29.4 Å². The highest BCUT2D eigenvalue weighted by molar-refractivity contribution is 7.89. The molecule has 190 valence electrons. The van der Waals surface area contributed by atoms with Crippen LogP contribution in [0.4, 0.5) is 0 Å². The van der Waals surface area contributed by atoms with E-state index in [0.717, 1.165) is 31.5 Å². The largest absolute Gasteiger partial charge is 0.493 e. The van der Waals surface area contributed by atoms with Crippen molar-refractivity contribution in [1.82, 2.24) is 23.9 Å². The maximum Gasteiger partial charge on any atom is 0.277 e. The van der Waals surface area contributed by atoms with Crippen LogP contribution in [0.3, 0.4) is 0 Å². The second-order valence-corrected chi connectivity index (χ2v) is 10.8. The lowest BCUT2D eigenvalue weighted by atomic mass is 10.1. The number of rotatable bonds is 10. The fraction of sp³-hybridized carbons (Fsp3) is 0.542. The number of sulfonamides is 1. The Morgan fingerprint density at radius 3 is 2.63 bits per heavy atom. The van der Waals surface area contributed by atoms with Crippen LogP contribution in [0, 0.1) is 6.92 Å². The standard InChI is InChI=1S/C24H33N5O5S/c1-4-12-28(13-14-30)35(32,33)18-10-11-20(34-5-2)19(15-18)22-26-24(31)21-16(3)25-23(29(21)27-22)17-8-6-7-9-17/h10-11,15,17,30H,4-9,12-14H2,1-3H3,(H,26,27,31). The van der Waals surface area contributed by atoms with Gasteiger partial charge in [-0.15, -0.1) is 5.10 Å². The van der Waals surface area contributed by atoms with Crippen LogP contribution in [0.15, 0.2) is 27.9 Å². The number of imidazole rings is 1. The Hall–Kier alpha value is -2.76. The summed E-state index contributed by atoms with van der Waals surface area (Å²) in [4.78, 5) is 20.6. The molecule has 35 heavy (non-hydrogen) atoms. The predicted octanol–water partition coefficient (Wildman–Crippen LogP) is 2.84. The molecule has 10 nitrogen and oxygen atoms in total. The summed E-state index contributed by atoms with van der Waals surface area (Å²) >= 11 is 0. The van der Waals surface area contributed by atoms with Crippen LogP contribution in [-0.4, -0.2) is 63.7 Å². The van der Waals surface area contributed by atoms with E-state index >= 15 is 0 Å². The SMILES string of the molecule is CCCN(CCO)S(=O)(=O)c1ccc(OCC)c(-c2nn3c(C4CCCC4)nc(C)c3c(=O)[nH]2)c1. The molecule has 0 amide bonds. The van der Waals surface area contributed by atoms with E-state index in [4.69, 9.17) is 9.84 Å². The van der Waals surface area contributed by atoms with Crippen molar-refractivity contribution in [2.24, 2.45) is 0 Å². The first-order valence-electron chi connectivity index (χ1n) is 12.2. The molecule has 2 N–H and O–H groups in total. The van der Waals surface area contributed by atoms with Gasteiger partial charge in [0.1, 0.15) is 11.6 Å². The van der Waals surface area contributed by atoms with Crippen molar-refractivity contribution < 1.29 is 18.3 Å². The van der Waals surface area contributed by atoms with Gasteiger partial charge in [0.25, 0.3) is 5.56 Å². The zero-order valence-electron chi connectivity index (χ0n) is 20.5. The third kappa shape index (κ3) is 4.85. The molecule has 11 heteroatoms. The third-order valence-electron chi connectivity index (χ3n) is 6.39. The molecule has 0 unspecified atom stereocenters. The molecule has 0 radical (unpaired) electrons. The Kier molecular flexibility index (Phi) is 7.58. The highest BCUT2D eigenvalue weighted by Gasteiger charge is 2.27. The number of aliphatic hydroxyl groups is 1. The summed E-state index contributed by atoms with van der Waals surface area (Å²) in [7, 11) is -3.88. The van der Waals surface area contributed by atoms with Crippen LogP contribution >= 0.6 is 0 Å². The third-order valence-corrected chi connectivity index (χ3v) is 8.28. The van der Waals surface area contributed by atoms with Crippen molar-refractivity contribution in [2.75, 3.05) is 26.3 Å². The lowest BCUT2D eigenvalue weighted by molar-refractivity contribution is 0.253. The average Bonchev–Trinajstić information content (AvgIpc) is 3.47. The Morgan fingerprint density at radius 1 is 1.23 bits per heavy atom. The van der Waals surface area contributed by atoms with Crippen LogP contribution in [0.25, 0.3) is 16.9 Å². The second kappa shape index (κ2) is 10.5. The van der Waals surface area contributed by atoms with Gasteiger partial charge in [-0.05, 0) is 51.3 Å². The number of fused-ring (bicyclic) bond motifs is 1. The molecule has 3 aromatic rings. The smallest absolute Gasteiger partial charge is 0.277 e. The topological polar surface area (TPSA) is 130 Å². The molecule has 1 saturated carbocycles. The van der Waals surface area contributed by atoms with Crippen molar-refractivity contribution in [3.05, 3.63) is 40.1 Å². The van der Waals surface area contributed by atoms with E-state index < -0.39 is 10.0 Å². The lowest BCUT2D eigenvalue weighted by Crippen LogP contribution is -2.34. The van der Waals surface area contributed by atoms with E-state index in [1.54, 1.807) is 17.5 Å². The molecule has 0 aliphatic heterocycles. The summed E-state index contributed by atoms with van der Waals surface area (Å²) < 4.78 is 35.3. The van der Waals surface area contributed by atoms with Crippen molar-refractivity contribution in [2.45, 2.75) is 63.7 Å². The van der Waals surface area contributed by atoms with E-state index in [1.165, 1.54) is 16.4 Å². The summed E-state index contributed by atoms with van der Waals surface area (Å²) in [5, 5.41) is 14.1. The van der Waals surface area contributed by atoms with Gasteiger partial charge in [0.15, 0.2) is 11.3 Å². The monoisotopic (exact) mass is 503 g/mol. The molecule has 1 aliphatic rings. The summed E-state index contributed by atoms with van der Waals surface area (Å²) in [6.07, 6.45) is 4.84. The first-order valence-corrected chi connectivity index (χ1v) is 13.6. The highest BCUT2D eigenvalue weighted by atomic mass is 32.2. The van der Waals surface area contributed by atoms with Gasteiger partial charge < -0.3 is 14.8 Å². The number of nitrogens with one attached hydrogen (secondary N) is 1. The molecular formula is C24H33N5O5S. The summed E-state index contributed by atoms with van der Waals surface area (Å²) in [6.45, 7) is 5.86. The van der Waals surface area contributed by atoms with E-state index in [-0.39, 0.29) is 41.9 Å². The van der Waals surface area contributed by atoms with Crippen LogP contribution in [0.1, 0.15) is 63.4 Å². The number of aliphatic hydroxyl groups excluding tert-OH is 1. The normalized spacial score (nSPS) is 14.9. The number of hydrogen-bond donors (Lipinski definition) is 2. The first kappa shape index (κ1) is 25.3. The minimum Gasteiger partial charge on any atom is -0.493 e. The number of benzene rings is 1. The number of H-pyrrole nitrogens is 1. The molecule has 0 atom stereocenters. The van der Waals surface area contributed by atoms with Crippen molar-refractivity contribution in [3.8, 4) is 17.1 Å². The maximum atomic E-state index is 13.3. The lowest BCUT2D eigenvalue weighted by Gasteiger charge is -2.21. The van der Waals surface area contributed by atoms with Crippen molar-refractivity contribution in [1.29, 1.82) is 0 Å². The minimum atomic E-state index is -3.88. The molecule has 1 aromatic carbocycles. The average molecular weight is 504 g/mol. The fourth-order valence-electron chi connectivity index (χ4n) is 4.76. The predicted molar refractivity (Wildman–Crippen MR) is 132 cm³/mol. The van der Waals surface area contributed by atoms with Crippen LogP contribution in [0.2, 0.25) is 0 Å². The van der Waals surface area contributed by atoms with Gasteiger partial charge in [-0.1, -0.05) is 19.8 Å². The zero-order valence-corrected chi connectivity index (χ0v) is 21.3. The molecule has 2 heterocycles. The molecule has 0 spiro atoms. The van der Waals surface area contributed by atoms with Gasteiger partial charge >= 0.3 is 0 Å². The fourth-order valence-corrected chi connectivity index (χ4v) is 6.31. The molecule has 0 bridgehead atoms. The summed E-state index contributed by atoms with van der Waals surface area (Å²) in [6, 6.07) is 4.53. The Balaban J connectivity index is 1.89. The summed E-state index contributed by atoms with van der Waals surface area (Å²) in [5.41, 5.74) is 1.05. The van der Waals surface area contributed by atoms with Gasteiger partial charge in [0.2, 0.25) is 10.0 Å². The van der Waals surface area contributed by atoms with E-state index in [0.29, 0.717) is 35.6 Å². The number of aromatic amines is 1. The minimum absolute atomic E-state index is 0.00117. The van der Waals surface area contributed by atoms with Crippen LogP contribution in [0.5, 0.6) is 5.75 Å². The van der Waals surface area contributed by atoms with Crippen molar-refractivity contribution in [3.63, 3.8) is 0 Å². The van der Waals surface area contributed by atoms with Gasteiger partial charge in [-0.3, -0.25) is 4.79 Å². The molecule has 1 fully saturated rings.